The first-order chi connectivity index (χ1) is 10.2. The van der Waals surface area contributed by atoms with Crippen molar-refractivity contribution in [3.63, 3.8) is 0 Å². The molecule has 0 bridgehead atoms. The summed E-state index contributed by atoms with van der Waals surface area (Å²) in [5.74, 6) is 0.593. The molecule has 0 radical (unpaired) electrons. The van der Waals surface area contributed by atoms with E-state index in [4.69, 9.17) is 11.6 Å². The minimum absolute atomic E-state index is 0.279. The maximum absolute atomic E-state index is 12.2. The molecule has 5 heteroatoms. The molecular weight excluding hydrogens is 286 g/mol. The molecular formula is C16H18ClN3O. The number of hydrogen-bond donors (Lipinski definition) is 0. The third-order valence-corrected chi connectivity index (χ3v) is 4.39. The van der Waals surface area contributed by atoms with Crippen molar-refractivity contribution >= 4 is 23.2 Å². The smallest absolute Gasteiger partial charge is 0.225 e. The molecule has 0 atom stereocenters. The number of nitrogens with zero attached hydrogens (tertiary/aromatic N) is 3. The van der Waals surface area contributed by atoms with Gasteiger partial charge in [0, 0.05) is 37.1 Å². The van der Waals surface area contributed by atoms with E-state index in [2.05, 4.69) is 11.0 Å². The summed E-state index contributed by atoms with van der Waals surface area (Å²) in [7, 11) is 0. The first-order valence-electron chi connectivity index (χ1n) is 7.42. The Hall–Kier alpha value is -1.73. The van der Waals surface area contributed by atoms with Gasteiger partial charge >= 0.3 is 0 Å². The number of nitriles is 1. The van der Waals surface area contributed by atoms with Crippen LogP contribution in [0, 0.1) is 17.2 Å². The van der Waals surface area contributed by atoms with Crippen LogP contribution in [0.1, 0.15) is 24.8 Å². The van der Waals surface area contributed by atoms with Gasteiger partial charge in [-0.1, -0.05) is 11.6 Å². The summed E-state index contributed by atoms with van der Waals surface area (Å²) in [4.78, 5) is 16.3. The molecule has 4 nitrogen and oxygen atoms in total. The summed E-state index contributed by atoms with van der Waals surface area (Å²) in [6.07, 6.45) is 3.04. The van der Waals surface area contributed by atoms with Crippen LogP contribution in [-0.2, 0) is 4.79 Å². The molecule has 1 aliphatic carbocycles. The molecule has 2 fully saturated rings. The lowest BCUT2D eigenvalue weighted by Gasteiger charge is -2.24. The van der Waals surface area contributed by atoms with Gasteiger partial charge in [0.1, 0.15) is 6.07 Å². The molecule has 1 aromatic rings. The zero-order valence-electron chi connectivity index (χ0n) is 11.9. The Balaban J connectivity index is 1.73. The Labute approximate surface area is 129 Å². The summed E-state index contributed by atoms with van der Waals surface area (Å²) in [5.41, 5.74) is 1.52. The summed E-state index contributed by atoms with van der Waals surface area (Å²) in [6.45, 7) is 3.20. The minimum atomic E-state index is 0.279. The third-order valence-electron chi connectivity index (χ3n) is 4.15. The van der Waals surface area contributed by atoms with E-state index in [9.17, 15) is 10.1 Å². The first kappa shape index (κ1) is 14.2. The van der Waals surface area contributed by atoms with E-state index in [1.807, 2.05) is 17.0 Å². The van der Waals surface area contributed by atoms with Crippen LogP contribution in [0.4, 0.5) is 5.69 Å². The van der Waals surface area contributed by atoms with Gasteiger partial charge in [-0.05, 0) is 37.5 Å². The van der Waals surface area contributed by atoms with Crippen LogP contribution in [0.5, 0.6) is 0 Å². The van der Waals surface area contributed by atoms with Gasteiger partial charge in [-0.25, -0.2) is 0 Å². The number of carbonyl (C=O) groups excluding carboxylic acids is 1. The molecule has 0 spiro atoms. The molecule has 2 aliphatic rings. The van der Waals surface area contributed by atoms with Gasteiger partial charge in [0.2, 0.25) is 5.91 Å². The highest BCUT2D eigenvalue weighted by Gasteiger charge is 2.34. The molecule has 1 heterocycles. The second-order valence-electron chi connectivity index (χ2n) is 5.71. The summed E-state index contributed by atoms with van der Waals surface area (Å²) < 4.78 is 0. The predicted molar refractivity (Wildman–Crippen MR) is 82.3 cm³/mol. The number of amides is 1. The number of anilines is 1. The van der Waals surface area contributed by atoms with Crippen molar-refractivity contribution in [3.05, 3.63) is 28.8 Å². The number of halogens is 1. The Morgan fingerprint density at radius 3 is 2.76 bits per heavy atom. The van der Waals surface area contributed by atoms with Crippen LogP contribution in [0.25, 0.3) is 0 Å². The van der Waals surface area contributed by atoms with E-state index < -0.39 is 0 Å². The van der Waals surface area contributed by atoms with Crippen molar-refractivity contribution in [3.8, 4) is 6.07 Å². The molecule has 21 heavy (non-hydrogen) atoms. The van der Waals surface area contributed by atoms with Crippen molar-refractivity contribution in [2.45, 2.75) is 19.3 Å². The molecule has 0 unspecified atom stereocenters. The second kappa shape index (κ2) is 5.95. The van der Waals surface area contributed by atoms with E-state index in [1.165, 1.54) is 0 Å². The number of benzene rings is 1. The van der Waals surface area contributed by atoms with Crippen LogP contribution < -0.4 is 4.90 Å². The van der Waals surface area contributed by atoms with Gasteiger partial charge in [-0.15, -0.1) is 0 Å². The Kier molecular flexibility index (Phi) is 4.03. The van der Waals surface area contributed by atoms with Crippen molar-refractivity contribution in [2.75, 3.05) is 31.1 Å². The highest BCUT2D eigenvalue weighted by Crippen LogP contribution is 2.31. The van der Waals surface area contributed by atoms with Gasteiger partial charge in [0.05, 0.1) is 11.3 Å². The van der Waals surface area contributed by atoms with Crippen molar-refractivity contribution in [2.24, 2.45) is 5.92 Å². The van der Waals surface area contributed by atoms with Crippen LogP contribution in [0.3, 0.4) is 0 Å². The fraction of sp³-hybridized carbons (Fsp3) is 0.500. The molecule has 110 valence electrons. The maximum atomic E-state index is 12.2. The minimum Gasteiger partial charge on any atom is -0.369 e. The molecule has 1 aliphatic heterocycles. The van der Waals surface area contributed by atoms with E-state index in [0.29, 0.717) is 16.5 Å². The summed E-state index contributed by atoms with van der Waals surface area (Å²) >= 11 is 5.95. The fourth-order valence-corrected chi connectivity index (χ4v) is 3.01. The summed E-state index contributed by atoms with van der Waals surface area (Å²) in [6, 6.07) is 7.63. The SMILES string of the molecule is N#Cc1cc(Cl)ccc1N1CCCN(C(=O)C2CC2)CC1. The lowest BCUT2D eigenvalue weighted by atomic mass is 10.1. The Morgan fingerprint density at radius 2 is 2.05 bits per heavy atom. The summed E-state index contributed by atoms with van der Waals surface area (Å²) in [5, 5.41) is 9.84. The van der Waals surface area contributed by atoms with Gasteiger partial charge in [0.25, 0.3) is 0 Å². The topological polar surface area (TPSA) is 47.3 Å². The molecule has 0 N–H and O–H groups in total. The monoisotopic (exact) mass is 303 g/mol. The maximum Gasteiger partial charge on any atom is 0.225 e. The Bertz CT molecular complexity index is 592. The van der Waals surface area contributed by atoms with Crippen molar-refractivity contribution in [1.82, 2.24) is 4.90 Å². The molecule has 1 saturated carbocycles. The van der Waals surface area contributed by atoms with Gasteiger partial charge in [0.15, 0.2) is 0 Å². The van der Waals surface area contributed by atoms with E-state index >= 15 is 0 Å². The molecule has 1 amide bonds. The zero-order chi connectivity index (χ0) is 14.8. The average molecular weight is 304 g/mol. The highest BCUT2D eigenvalue weighted by molar-refractivity contribution is 6.30. The predicted octanol–water partition coefficient (Wildman–Crippen LogP) is 2.66. The van der Waals surface area contributed by atoms with Gasteiger partial charge in [-0.2, -0.15) is 5.26 Å². The average Bonchev–Trinajstić information content (AvgIpc) is 3.33. The first-order valence-corrected chi connectivity index (χ1v) is 7.80. The van der Waals surface area contributed by atoms with Crippen molar-refractivity contribution in [1.29, 1.82) is 5.26 Å². The van der Waals surface area contributed by atoms with Crippen LogP contribution in [-0.4, -0.2) is 37.0 Å². The molecule has 1 aromatic carbocycles. The largest absolute Gasteiger partial charge is 0.369 e. The number of carbonyl (C=O) groups is 1. The zero-order valence-corrected chi connectivity index (χ0v) is 12.6. The lowest BCUT2D eigenvalue weighted by molar-refractivity contribution is -0.132. The third kappa shape index (κ3) is 3.14. The Morgan fingerprint density at radius 1 is 1.24 bits per heavy atom. The van der Waals surface area contributed by atoms with Gasteiger partial charge < -0.3 is 9.80 Å². The molecule has 1 saturated heterocycles. The van der Waals surface area contributed by atoms with Crippen LogP contribution in [0.15, 0.2) is 18.2 Å². The van der Waals surface area contributed by atoms with Crippen LogP contribution >= 0.6 is 11.6 Å². The molecule has 3 rings (SSSR count). The highest BCUT2D eigenvalue weighted by atomic mass is 35.5. The second-order valence-corrected chi connectivity index (χ2v) is 6.15. The van der Waals surface area contributed by atoms with E-state index in [0.717, 1.165) is 51.1 Å². The fourth-order valence-electron chi connectivity index (χ4n) is 2.84. The van der Waals surface area contributed by atoms with Gasteiger partial charge in [-0.3, -0.25) is 4.79 Å². The normalized spacial score (nSPS) is 19.0. The number of rotatable bonds is 2. The lowest BCUT2D eigenvalue weighted by Crippen LogP contribution is -2.36. The standard InChI is InChI=1S/C16H18ClN3O/c17-14-4-5-15(13(10-14)11-18)19-6-1-7-20(9-8-19)16(21)12-2-3-12/h4-5,10,12H,1-3,6-9H2. The molecule has 0 aromatic heterocycles. The van der Waals surface area contributed by atoms with E-state index in [1.54, 1.807) is 6.07 Å². The number of hydrogen-bond acceptors (Lipinski definition) is 3. The van der Waals surface area contributed by atoms with Crippen LogP contribution in [0.2, 0.25) is 5.02 Å². The van der Waals surface area contributed by atoms with Crippen molar-refractivity contribution < 1.29 is 4.79 Å². The quantitative estimate of drug-likeness (QED) is 0.844. The van der Waals surface area contributed by atoms with E-state index in [-0.39, 0.29) is 5.92 Å².